The number of aromatic nitrogens is 2. The highest BCUT2D eigenvalue weighted by Crippen LogP contribution is 2.30. The zero-order chi connectivity index (χ0) is 16.7. The molecule has 2 aromatic rings. The first-order chi connectivity index (χ1) is 11.6. The van der Waals surface area contributed by atoms with Gasteiger partial charge in [0.25, 0.3) is 11.5 Å². The zero-order valence-corrected chi connectivity index (χ0v) is 13.8. The summed E-state index contributed by atoms with van der Waals surface area (Å²) in [6.45, 7) is 0.746. The van der Waals surface area contributed by atoms with Crippen LogP contribution >= 0.6 is 11.8 Å². The van der Waals surface area contributed by atoms with Gasteiger partial charge in [0.1, 0.15) is 11.4 Å². The summed E-state index contributed by atoms with van der Waals surface area (Å²) >= 11 is 1.51. The average Bonchev–Trinajstić information content (AvgIpc) is 3.30. The second-order valence-electron chi connectivity index (χ2n) is 6.02. The first-order valence-corrected chi connectivity index (χ1v) is 8.90. The van der Waals surface area contributed by atoms with Gasteiger partial charge in [-0.05, 0) is 18.9 Å². The molecule has 24 heavy (non-hydrogen) atoms. The number of carbonyl (C=O) groups is 1. The lowest BCUT2D eigenvalue weighted by atomic mass is 10.1. The molecule has 1 amide bonds. The van der Waals surface area contributed by atoms with E-state index in [1.165, 1.54) is 24.0 Å². The fourth-order valence-corrected chi connectivity index (χ4v) is 3.80. The molecule has 1 aliphatic heterocycles. The van der Waals surface area contributed by atoms with Gasteiger partial charge in [0.15, 0.2) is 5.16 Å². The van der Waals surface area contributed by atoms with Crippen molar-refractivity contribution in [2.24, 2.45) is 0 Å². The summed E-state index contributed by atoms with van der Waals surface area (Å²) < 4.78 is 15.5. The van der Waals surface area contributed by atoms with E-state index in [0.29, 0.717) is 17.3 Å². The molecule has 0 N–H and O–H groups in total. The second-order valence-corrected chi connectivity index (χ2v) is 7.08. The molecule has 0 saturated heterocycles. The average molecular weight is 345 g/mol. The van der Waals surface area contributed by atoms with Crippen LogP contribution in [0.2, 0.25) is 0 Å². The van der Waals surface area contributed by atoms with E-state index in [9.17, 15) is 14.0 Å². The molecule has 1 saturated carbocycles. The topological polar surface area (TPSA) is 55.2 Å². The van der Waals surface area contributed by atoms with E-state index < -0.39 is 0 Å². The molecule has 5 nitrogen and oxygen atoms in total. The number of rotatable bonds is 4. The van der Waals surface area contributed by atoms with Crippen LogP contribution in [0.1, 0.15) is 28.8 Å². The van der Waals surface area contributed by atoms with Gasteiger partial charge in [0.2, 0.25) is 0 Å². The molecule has 7 heteroatoms. The lowest BCUT2D eigenvalue weighted by Crippen LogP contribution is -2.38. The predicted octanol–water partition coefficient (Wildman–Crippen LogP) is 2.29. The molecular weight excluding hydrogens is 329 g/mol. The Morgan fingerprint density at radius 2 is 2.17 bits per heavy atom. The van der Waals surface area contributed by atoms with Crippen molar-refractivity contribution in [3.05, 3.63) is 57.8 Å². The highest BCUT2D eigenvalue weighted by Gasteiger charge is 2.35. The molecule has 0 spiro atoms. The van der Waals surface area contributed by atoms with Crippen molar-refractivity contribution in [3.63, 3.8) is 0 Å². The summed E-state index contributed by atoms with van der Waals surface area (Å²) in [5, 5.41) is 0.656. The fraction of sp³-hybridized carbons (Fsp3) is 0.353. The largest absolute Gasteiger partial charge is 0.331 e. The van der Waals surface area contributed by atoms with Gasteiger partial charge in [0, 0.05) is 36.6 Å². The van der Waals surface area contributed by atoms with Crippen molar-refractivity contribution >= 4 is 17.7 Å². The smallest absolute Gasteiger partial charge is 0.267 e. The van der Waals surface area contributed by atoms with E-state index in [2.05, 4.69) is 4.98 Å². The van der Waals surface area contributed by atoms with Crippen LogP contribution in [-0.2, 0) is 13.1 Å². The van der Waals surface area contributed by atoms with Crippen LogP contribution < -0.4 is 5.56 Å². The number of thioether (sulfide) groups is 1. The number of nitrogens with zero attached hydrogens (tertiary/aromatic N) is 3. The van der Waals surface area contributed by atoms with Crippen LogP contribution in [-0.4, -0.2) is 32.2 Å². The van der Waals surface area contributed by atoms with Gasteiger partial charge < -0.3 is 4.90 Å². The predicted molar refractivity (Wildman–Crippen MR) is 88.5 cm³/mol. The van der Waals surface area contributed by atoms with E-state index in [0.717, 1.165) is 18.6 Å². The van der Waals surface area contributed by atoms with E-state index in [1.54, 1.807) is 27.7 Å². The third-order valence-electron chi connectivity index (χ3n) is 4.33. The summed E-state index contributed by atoms with van der Waals surface area (Å²) in [5.41, 5.74) is 0.237. The van der Waals surface area contributed by atoms with Crippen LogP contribution in [0.25, 0.3) is 0 Å². The van der Waals surface area contributed by atoms with Gasteiger partial charge >= 0.3 is 0 Å². The van der Waals surface area contributed by atoms with Gasteiger partial charge in [-0.1, -0.05) is 30.0 Å². The standard InChI is InChI=1S/C17H16FN3O2S/c18-14-4-2-1-3-11(14)10-21(12-5-6-12)16(23)13-9-19-17-20(15(13)22)7-8-24-17/h1-4,9,12H,5-8,10H2. The van der Waals surface area contributed by atoms with Gasteiger partial charge in [-0.2, -0.15) is 0 Å². The third-order valence-corrected chi connectivity index (χ3v) is 5.30. The third kappa shape index (κ3) is 2.73. The number of carbonyl (C=O) groups excluding carboxylic acids is 1. The Morgan fingerprint density at radius 3 is 2.92 bits per heavy atom. The van der Waals surface area contributed by atoms with E-state index in [4.69, 9.17) is 0 Å². The lowest BCUT2D eigenvalue weighted by molar-refractivity contribution is 0.0725. The summed E-state index contributed by atoms with van der Waals surface area (Å²) in [5.74, 6) is 0.100. The molecule has 0 bridgehead atoms. The van der Waals surface area contributed by atoms with E-state index in [1.807, 2.05) is 0 Å². The van der Waals surface area contributed by atoms with Gasteiger partial charge in [-0.25, -0.2) is 9.37 Å². The number of hydrogen-bond acceptors (Lipinski definition) is 4. The Balaban J connectivity index is 1.66. The van der Waals surface area contributed by atoms with Crippen LogP contribution in [0, 0.1) is 5.82 Å². The summed E-state index contributed by atoms with van der Waals surface area (Å²) in [6.07, 6.45) is 3.14. The lowest BCUT2D eigenvalue weighted by Gasteiger charge is -2.22. The normalized spacial score (nSPS) is 16.0. The van der Waals surface area contributed by atoms with Gasteiger partial charge in [-0.3, -0.25) is 14.2 Å². The van der Waals surface area contributed by atoms with Crippen molar-refractivity contribution in [2.45, 2.75) is 37.1 Å². The maximum atomic E-state index is 13.9. The number of benzene rings is 1. The Morgan fingerprint density at radius 1 is 1.38 bits per heavy atom. The number of amides is 1. The summed E-state index contributed by atoms with van der Waals surface area (Å²) in [4.78, 5) is 31.3. The number of hydrogen-bond donors (Lipinski definition) is 0. The van der Waals surface area contributed by atoms with Crippen LogP contribution in [0.5, 0.6) is 0 Å². The molecule has 1 aliphatic carbocycles. The quantitative estimate of drug-likeness (QED) is 0.798. The molecule has 4 rings (SSSR count). The molecule has 0 unspecified atom stereocenters. The number of fused-ring (bicyclic) bond motifs is 1. The van der Waals surface area contributed by atoms with Crippen molar-refractivity contribution < 1.29 is 9.18 Å². The highest BCUT2D eigenvalue weighted by atomic mass is 32.2. The fourth-order valence-electron chi connectivity index (χ4n) is 2.88. The molecule has 0 atom stereocenters. The van der Waals surface area contributed by atoms with Crippen molar-refractivity contribution in [2.75, 3.05) is 5.75 Å². The Kier molecular flexibility index (Phi) is 3.88. The Bertz CT molecular complexity index is 863. The van der Waals surface area contributed by atoms with Crippen LogP contribution in [0.3, 0.4) is 0 Å². The van der Waals surface area contributed by atoms with Gasteiger partial charge in [0.05, 0.1) is 0 Å². The summed E-state index contributed by atoms with van der Waals surface area (Å²) in [6, 6.07) is 6.49. The zero-order valence-electron chi connectivity index (χ0n) is 12.9. The maximum absolute atomic E-state index is 13.9. The molecule has 2 aliphatic rings. The minimum absolute atomic E-state index is 0.0733. The minimum atomic E-state index is -0.356. The minimum Gasteiger partial charge on any atom is -0.331 e. The van der Waals surface area contributed by atoms with Gasteiger partial charge in [-0.15, -0.1) is 0 Å². The molecule has 0 radical (unpaired) electrons. The Labute approximate surface area is 142 Å². The molecule has 2 heterocycles. The molecule has 124 valence electrons. The first-order valence-electron chi connectivity index (χ1n) is 7.92. The second kappa shape index (κ2) is 6.05. The van der Waals surface area contributed by atoms with Crippen molar-refractivity contribution in [1.29, 1.82) is 0 Å². The van der Waals surface area contributed by atoms with Crippen LogP contribution in [0.4, 0.5) is 4.39 Å². The monoisotopic (exact) mass is 345 g/mol. The number of halogens is 1. The van der Waals surface area contributed by atoms with Crippen LogP contribution in [0.15, 0.2) is 40.4 Å². The molecule has 1 aromatic carbocycles. The molecular formula is C17H16FN3O2S. The van der Waals surface area contributed by atoms with E-state index in [-0.39, 0.29) is 35.4 Å². The Hall–Kier alpha value is -2.15. The highest BCUT2D eigenvalue weighted by molar-refractivity contribution is 7.99. The molecule has 1 aromatic heterocycles. The maximum Gasteiger partial charge on any atom is 0.267 e. The van der Waals surface area contributed by atoms with E-state index >= 15 is 0 Å². The summed E-state index contributed by atoms with van der Waals surface area (Å²) in [7, 11) is 0. The van der Waals surface area contributed by atoms with Crippen molar-refractivity contribution in [1.82, 2.24) is 14.5 Å². The van der Waals surface area contributed by atoms with Crippen molar-refractivity contribution in [3.8, 4) is 0 Å². The first kappa shape index (κ1) is 15.4. The SMILES string of the molecule is O=C(c1cnc2n(c1=O)CCS2)N(Cc1ccccc1F)C1CC1. The molecule has 1 fully saturated rings.